The number of aryl methyl sites for hydroxylation is 1. The van der Waals surface area contributed by atoms with E-state index in [1.165, 1.54) is 0 Å². The minimum Gasteiger partial charge on any atom is -0.504 e. The standard InChI is InChI=1S/C25H30N2O5/c1-30-22-6-4-17-13-24(22)32-23-12-16(2-5-21(23)28)3-7-25(29)26-20-15-27(14-19(17)20)18-8-10-31-11-9-18/h2,4-6,12-13,18-20,28H,3,7-11,14-15H2,1H3,(H,26,29)/t19-,20+/m0/s1. The fourth-order valence-corrected chi connectivity index (χ4v) is 5.12. The highest BCUT2D eigenvalue weighted by Gasteiger charge is 2.38. The molecule has 3 heterocycles. The lowest BCUT2D eigenvalue weighted by Crippen LogP contribution is -2.42. The van der Waals surface area contributed by atoms with Crippen LogP contribution in [-0.4, -0.2) is 61.4 Å². The van der Waals surface area contributed by atoms with Gasteiger partial charge < -0.3 is 24.6 Å². The molecule has 4 bridgehead atoms. The van der Waals surface area contributed by atoms with Crippen LogP contribution in [0.1, 0.15) is 36.3 Å². The second kappa shape index (κ2) is 9.00. The number of likely N-dealkylation sites (tertiary alicyclic amines) is 1. The third-order valence-corrected chi connectivity index (χ3v) is 6.90. The largest absolute Gasteiger partial charge is 0.504 e. The molecule has 2 aromatic carbocycles. The smallest absolute Gasteiger partial charge is 0.220 e. The van der Waals surface area contributed by atoms with Crippen LogP contribution in [0.5, 0.6) is 23.0 Å². The molecule has 0 radical (unpaired) electrons. The Morgan fingerprint density at radius 3 is 2.72 bits per heavy atom. The minimum absolute atomic E-state index is 0.0313. The van der Waals surface area contributed by atoms with Gasteiger partial charge in [0.05, 0.1) is 7.11 Å². The molecule has 0 unspecified atom stereocenters. The molecule has 2 aromatic rings. The Labute approximate surface area is 188 Å². The van der Waals surface area contributed by atoms with Crippen LogP contribution in [0.3, 0.4) is 0 Å². The lowest BCUT2D eigenvalue weighted by atomic mass is 9.93. The minimum atomic E-state index is 0.0313. The van der Waals surface area contributed by atoms with Crippen molar-refractivity contribution in [2.75, 3.05) is 33.4 Å². The molecule has 0 aliphatic carbocycles. The van der Waals surface area contributed by atoms with Crippen LogP contribution in [0, 0.1) is 0 Å². The Kier molecular flexibility index (Phi) is 5.93. The topological polar surface area (TPSA) is 80.3 Å². The summed E-state index contributed by atoms with van der Waals surface area (Å²) in [5.41, 5.74) is 2.03. The first kappa shape index (κ1) is 21.1. The number of phenols is 1. The van der Waals surface area contributed by atoms with Crippen molar-refractivity contribution in [3.05, 3.63) is 47.5 Å². The van der Waals surface area contributed by atoms with Crippen LogP contribution in [0.15, 0.2) is 36.4 Å². The number of hydrogen-bond donors (Lipinski definition) is 2. The van der Waals surface area contributed by atoms with E-state index >= 15 is 0 Å². The zero-order valence-electron chi connectivity index (χ0n) is 18.4. The number of hydrogen-bond acceptors (Lipinski definition) is 6. The quantitative estimate of drug-likeness (QED) is 0.750. The molecule has 0 aromatic heterocycles. The van der Waals surface area contributed by atoms with Crippen LogP contribution >= 0.6 is 0 Å². The zero-order valence-corrected chi connectivity index (χ0v) is 18.4. The van der Waals surface area contributed by atoms with Crippen LogP contribution in [-0.2, 0) is 16.0 Å². The monoisotopic (exact) mass is 438 g/mol. The van der Waals surface area contributed by atoms with Gasteiger partial charge in [-0.15, -0.1) is 0 Å². The summed E-state index contributed by atoms with van der Waals surface area (Å²) in [7, 11) is 1.61. The van der Waals surface area contributed by atoms with E-state index < -0.39 is 0 Å². The van der Waals surface area contributed by atoms with Crippen molar-refractivity contribution in [1.82, 2.24) is 10.2 Å². The highest BCUT2D eigenvalue weighted by Crippen LogP contribution is 2.40. The van der Waals surface area contributed by atoms with Gasteiger partial charge in [-0.2, -0.15) is 0 Å². The number of phenolic OH excluding ortho intramolecular Hbond substituents is 1. The van der Waals surface area contributed by atoms with Crippen molar-refractivity contribution in [3.63, 3.8) is 0 Å². The van der Waals surface area contributed by atoms with Gasteiger partial charge in [0, 0.05) is 50.7 Å². The number of fused-ring (bicyclic) bond motifs is 6. The van der Waals surface area contributed by atoms with Crippen molar-refractivity contribution in [1.29, 1.82) is 0 Å². The van der Waals surface area contributed by atoms with Crippen molar-refractivity contribution in [2.24, 2.45) is 0 Å². The van der Waals surface area contributed by atoms with Crippen LogP contribution in [0.2, 0.25) is 0 Å². The summed E-state index contributed by atoms with van der Waals surface area (Å²) in [6, 6.07) is 11.7. The normalized spacial score (nSPS) is 24.3. The third kappa shape index (κ3) is 4.27. The van der Waals surface area contributed by atoms with E-state index in [-0.39, 0.29) is 23.6 Å². The maximum atomic E-state index is 12.8. The molecule has 1 amide bonds. The maximum absolute atomic E-state index is 12.8. The summed E-state index contributed by atoms with van der Waals surface area (Å²) in [6.45, 7) is 3.30. The first-order valence-corrected chi connectivity index (χ1v) is 11.4. The van der Waals surface area contributed by atoms with Crippen molar-refractivity contribution >= 4 is 5.91 Å². The molecule has 2 saturated heterocycles. The molecule has 0 saturated carbocycles. The van der Waals surface area contributed by atoms with E-state index in [9.17, 15) is 9.90 Å². The van der Waals surface area contributed by atoms with E-state index in [0.717, 1.165) is 50.3 Å². The van der Waals surface area contributed by atoms with E-state index in [4.69, 9.17) is 14.2 Å². The Bertz CT molecular complexity index is 988. The highest BCUT2D eigenvalue weighted by atomic mass is 16.5. The van der Waals surface area contributed by atoms with E-state index in [1.54, 1.807) is 19.2 Å². The first-order valence-electron chi connectivity index (χ1n) is 11.4. The Morgan fingerprint density at radius 2 is 1.91 bits per heavy atom. The summed E-state index contributed by atoms with van der Waals surface area (Å²) >= 11 is 0. The SMILES string of the molecule is COc1ccc2cc1Oc1cc(ccc1O)CCC(=O)N[C@@H]1CN(C3CCOCC3)C[C@@H]21. The molecule has 5 rings (SSSR count). The van der Waals surface area contributed by atoms with Crippen LogP contribution in [0.4, 0.5) is 0 Å². The number of ether oxygens (including phenoxy) is 3. The highest BCUT2D eigenvalue weighted by molar-refractivity contribution is 5.77. The molecule has 2 N–H and O–H groups in total. The van der Waals surface area contributed by atoms with Gasteiger partial charge in [0.2, 0.25) is 5.91 Å². The van der Waals surface area contributed by atoms with Gasteiger partial charge in [0.25, 0.3) is 0 Å². The molecule has 170 valence electrons. The van der Waals surface area contributed by atoms with Crippen LogP contribution in [0.25, 0.3) is 0 Å². The fourth-order valence-electron chi connectivity index (χ4n) is 5.12. The molecule has 0 spiro atoms. The zero-order chi connectivity index (χ0) is 22.1. The number of benzene rings is 2. The molecular formula is C25H30N2O5. The van der Waals surface area contributed by atoms with Gasteiger partial charge in [-0.3, -0.25) is 9.69 Å². The number of aromatic hydroxyl groups is 1. The number of rotatable bonds is 2. The summed E-state index contributed by atoms with van der Waals surface area (Å²) in [6.07, 6.45) is 3.03. The lowest BCUT2D eigenvalue weighted by Gasteiger charge is -2.31. The van der Waals surface area contributed by atoms with Gasteiger partial charge in [0.1, 0.15) is 0 Å². The lowest BCUT2D eigenvalue weighted by molar-refractivity contribution is -0.121. The third-order valence-electron chi connectivity index (χ3n) is 6.90. The van der Waals surface area contributed by atoms with Crippen molar-refractivity contribution < 1.29 is 24.1 Å². The average molecular weight is 439 g/mol. The number of amides is 1. The second-order valence-corrected chi connectivity index (χ2v) is 8.89. The van der Waals surface area contributed by atoms with E-state index in [1.807, 2.05) is 18.2 Å². The van der Waals surface area contributed by atoms with Gasteiger partial charge in [-0.05, 0) is 54.7 Å². The number of nitrogens with zero attached hydrogens (tertiary/aromatic N) is 1. The molecule has 32 heavy (non-hydrogen) atoms. The summed E-state index contributed by atoms with van der Waals surface area (Å²) in [5, 5.41) is 13.7. The fraction of sp³-hybridized carbons (Fsp3) is 0.480. The van der Waals surface area contributed by atoms with Gasteiger partial charge in [-0.25, -0.2) is 0 Å². The van der Waals surface area contributed by atoms with E-state index in [0.29, 0.717) is 36.1 Å². The molecule has 7 nitrogen and oxygen atoms in total. The number of nitrogens with one attached hydrogen (secondary N) is 1. The molecule has 2 atom stereocenters. The number of methoxy groups -OCH3 is 1. The number of carbonyl (C=O) groups excluding carboxylic acids is 1. The molecule has 7 heteroatoms. The van der Waals surface area contributed by atoms with Gasteiger partial charge in [-0.1, -0.05) is 12.1 Å². The molecule has 3 aliphatic heterocycles. The Morgan fingerprint density at radius 1 is 1.06 bits per heavy atom. The average Bonchev–Trinajstić information content (AvgIpc) is 3.23. The predicted octanol–water partition coefficient (Wildman–Crippen LogP) is 3.20. The van der Waals surface area contributed by atoms with E-state index in [2.05, 4.69) is 16.3 Å². The molecule has 3 aliphatic rings. The van der Waals surface area contributed by atoms with Crippen molar-refractivity contribution in [2.45, 2.75) is 43.7 Å². The summed E-state index contributed by atoms with van der Waals surface area (Å²) in [4.78, 5) is 15.4. The van der Waals surface area contributed by atoms with Crippen LogP contribution < -0.4 is 14.8 Å². The molecular weight excluding hydrogens is 408 g/mol. The first-order chi connectivity index (χ1) is 15.6. The second-order valence-electron chi connectivity index (χ2n) is 8.89. The summed E-state index contributed by atoms with van der Waals surface area (Å²) < 4.78 is 17.2. The Balaban J connectivity index is 1.52. The predicted molar refractivity (Wildman–Crippen MR) is 120 cm³/mol. The van der Waals surface area contributed by atoms with Crippen molar-refractivity contribution in [3.8, 4) is 23.0 Å². The molecule has 2 fully saturated rings. The number of carbonyl (C=O) groups is 1. The van der Waals surface area contributed by atoms with Gasteiger partial charge >= 0.3 is 0 Å². The Hall–Kier alpha value is -2.77. The van der Waals surface area contributed by atoms with Gasteiger partial charge in [0.15, 0.2) is 23.0 Å². The summed E-state index contributed by atoms with van der Waals surface area (Å²) in [5.74, 6) is 1.79. The maximum Gasteiger partial charge on any atom is 0.220 e.